The molecule has 0 bridgehead atoms. The molecule has 5 nitrogen and oxygen atoms in total. The van der Waals surface area contributed by atoms with Crippen molar-refractivity contribution in [1.82, 2.24) is 0 Å². The molecule has 0 saturated carbocycles. The summed E-state index contributed by atoms with van der Waals surface area (Å²) >= 11 is 0. The number of guanidine groups is 1. The summed E-state index contributed by atoms with van der Waals surface area (Å²) in [6.07, 6.45) is 1.72. The normalized spacial score (nSPS) is 11.0. The fourth-order valence-electron chi connectivity index (χ4n) is 2.06. The zero-order chi connectivity index (χ0) is 16.1. The lowest BCUT2D eigenvalue weighted by Crippen LogP contribution is -2.24. The third-order valence-corrected chi connectivity index (χ3v) is 3.06. The van der Waals surface area contributed by atoms with E-state index in [1.54, 1.807) is 31.2 Å². The van der Waals surface area contributed by atoms with Gasteiger partial charge in [-0.1, -0.05) is 36.4 Å². The molecule has 0 unspecified atom stereocenters. The van der Waals surface area contributed by atoms with Gasteiger partial charge in [-0.3, -0.25) is 4.79 Å². The fourth-order valence-corrected chi connectivity index (χ4v) is 2.06. The summed E-state index contributed by atoms with van der Waals surface area (Å²) < 4.78 is 0. The standard InChI is InChI=1S/C17H17N3O2/c1-11(16(22)20-17(18)19)9-12-5-2-3-8-15(12)13-6-4-7-14(21)10-13/h2-10,21H,1H3,(H4,18,19,20,22). The second-order valence-electron chi connectivity index (χ2n) is 4.81. The molecule has 2 rings (SSSR count). The van der Waals surface area contributed by atoms with Gasteiger partial charge in [-0.2, -0.15) is 4.99 Å². The first-order valence-electron chi connectivity index (χ1n) is 6.68. The van der Waals surface area contributed by atoms with E-state index in [1.807, 2.05) is 30.3 Å². The number of nitrogens with two attached hydrogens (primary N) is 2. The predicted octanol–water partition coefficient (Wildman–Crippen LogP) is 2.26. The van der Waals surface area contributed by atoms with Crippen LogP contribution >= 0.6 is 0 Å². The predicted molar refractivity (Wildman–Crippen MR) is 88.0 cm³/mol. The summed E-state index contributed by atoms with van der Waals surface area (Å²) in [5, 5.41) is 9.62. The van der Waals surface area contributed by atoms with Crippen LogP contribution in [0.5, 0.6) is 5.75 Å². The maximum Gasteiger partial charge on any atom is 0.275 e. The molecule has 1 amide bonds. The molecule has 0 atom stereocenters. The van der Waals surface area contributed by atoms with Gasteiger partial charge in [-0.05, 0) is 41.8 Å². The Morgan fingerprint density at radius 1 is 1.14 bits per heavy atom. The van der Waals surface area contributed by atoms with Crippen LogP contribution in [0.2, 0.25) is 0 Å². The highest BCUT2D eigenvalue weighted by Crippen LogP contribution is 2.28. The molecule has 0 spiro atoms. The van der Waals surface area contributed by atoms with Gasteiger partial charge in [0.2, 0.25) is 0 Å². The number of phenols is 1. The fraction of sp³-hybridized carbons (Fsp3) is 0.0588. The first-order chi connectivity index (χ1) is 10.5. The summed E-state index contributed by atoms with van der Waals surface area (Å²) in [5.74, 6) is -0.561. The zero-order valence-corrected chi connectivity index (χ0v) is 12.2. The van der Waals surface area contributed by atoms with Gasteiger partial charge in [-0.25, -0.2) is 0 Å². The van der Waals surface area contributed by atoms with Gasteiger partial charge in [-0.15, -0.1) is 0 Å². The Hall–Kier alpha value is -3.08. The maximum atomic E-state index is 11.8. The van der Waals surface area contributed by atoms with Crippen molar-refractivity contribution in [2.24, 2.45) is 16.5 Å². The van der Waals surface area contributed by atoms with Crippen LogP contribution in [-0.2, 0) is 4.79 Å². The third kappa shape index (κ3) is 3.73. The van der Waals surface area contributed by atoms with Crippen molar-refractivity contribution >= 4 is 17.9 Å². The largest absolute Gasteiger partial charge is 0.508 e. The third-order valence-electron chi connectivity index (χ3n) is 3.06. The van der Waals surface area contributed by atoms with E-state index in [0.717, 1.165) is 16.7 Å². The number of hydrogen-bond donors (Lipinski definition) is 3. The average molecular weight is 295 g/mol. The lowest BCUT2D eigenvalue weighted by Gasteiger charge is -2.07. The number of amides is 1. The van der Waals surface area contributed by atoms with E-state index < -0.39 is 5.91 Å². The van der Waals surface area contributed by atoms with Gasteiger partial charge in [0.25, 0.3) is 5.91 Å². The Labute approximate surface area is 128 Å². The van der Waals surface area contributed by atoms with E-state index in [2.05, 4.69) is 4.99 Å². The van der Waals surface area contributed by atoms with E-state index >= 15 is 0 Å². The van der Waals surface area contributed by atoms with E-state index in [1.165, 1.54) is 0 Å². The number of benzene rings is 2. The number of phenolic OH excluding ortho intramolecular Hbond substituents is 1. The minimum atomic E-state index is -0.481. The molecule has 2 aromatic carbocycles. The molecule has 5 N–H and O–H groups in total. The van der Waals surface area contributed by atoms with Gasteiger partial charge in [0.05, 0.1) is 0 Å². The molecule has 22 heavy (non-hydrogen) atoms. The Morgan fingerprint density at radius 2 is 1.86 bits per heavy atom. The Bertz CT molecular complexity index is 760. The van der Waals surface area contributed by atoms with E-state index in [9.17, 15) is 9.90 Å². The number of aromatic hydroxyl groups is 1. The highest BCUT2D eigenvalue weighted by Gasteiger charge is 2.07. The molecule has 0 aliphatic carbocycles. The van der Waals surface area contributed by atoms with Crippen LogP contribution in [0.1, 0.15) is 12.5 Å². The number of rotatable bonds is 3. The molecule has 0 aliphatic rings. The lowest BCUT2D eigenvalue weighted by molar-refractivity contribution is -0.114. The summed E-state index contributed by atoms with van der Waals surface area (Å²) in [5.41, 5.74) is 13.4. The smallest absolute Gasteiger partial charge is 0.275 e. The number of carbonyl (C=O) groups excluding carboxylic acids is 1. The van der Waals surface area contributed by atoms with Crippen LogP contribution in [0.15, 0.2) is 59.1 Å². The second-order valence-corrected chi connectivity index (χ2v) is 4.81. The maximum absolute atomic E-state index is 11.8. The monoisotopic (exact) mass is 295 g/mol. The highest BCUT2D eigenvalue weighted by molar-refractivity contribution is 6.04. The molecule has 0 heterocycles. The molecular weight excluding hydrogens is 278 g/mol. The number of aliphatic imine (C=N–C) groups is 1. The van der Waals surface area contributed by atoms with Crippen LogP contribution in [0.25, 0.3) is 17.2 Å². The minimum Gasteiger partial charge on any atom is -0.508 e. The van der Waals surface area contributed by atoms with Crippen LogP contribution < -0.4 is 11.5 Å². The number of nitrogens with zero attached hydrogens (tertiary/aromatic N) is 1. The first-order valence-corrected chi connectivity index (χ1v) is 6.68. The van der Waals surface area contributed by atoms with Gasteiger partial charge >= 0.3 is 0 Å². The van der Waals surface area contributed by atoms with Crippen LogP contribution in [0.4, 0.5) is 0 Å². The average Bonchev–Trinajstić information content (AvgIpc) is 2.47. The van der Waals surface area contributed by atoms with Crippen molar-refractivity contribution in [3.63, 3.8) is 0 Å². The molecule has 0 saturated heterocycles. The molecule has 0 fully saturated rings. The topological polar surface area (TPSA) is 102 Å². The SMILES string of the molecule is CC(=Cc1ccccc1-c1cccc(O)c1)C(=O)N=C(N)N. The molecule has 0 radical (unpaired) electrons. The summed E-state index contributed by atoms with van der Waals surface area (Å²) in [4.78, 5) is 15.3. The van der Waals surface area contributed by atoms with Crippen molar-refractivity contribution in [3.8, 4) is 16.9 Å². The van der Waals surface area contributed by atoms with Gasteiger partial charge < -0.3 is 16.6 Å². The Balaban J connectivity index is 2.45. The van der Waals surface area contributed by atoms with Crippen LogP contribution in [0, 0.1) is 0 Å². The van der Waals surface area contributed by atoms with Crippen LogP contribution in [0.3, 0.4) is 0 Å². The minimum absolute atomic E-state index is 0.185. The highest BCUT2D eigenvalue weighted by atomic mass is 16.3. The second kappa shape index (κ2) is 6.58. The van der Waals surface area contributed by atoms with E-state index in [-0.39, 0.29) is 11.7 Å². The summed E-state index contributed by atoms with van der Waals surface area (Å²) in [6.45, 7) is 1.65. The van der Waals surface area contributed by atoms with Crippen molar-refractivity contribution in [1.29, 1.82) is 0 Å². The van der Waals surface area contributed by atoms with Crippen molar-refractivity contribution in [2.75, 3.05) is 0 Å². The molecule has 0 aromatic heterocycles. The zero-order valence-electron chi connectivity index (χ0n) is 12.2. The van der Waals surface area contributed by atoms with Gasteiger partial charge in [0.15, 0.2) is 5.96 Å². The summed E-state index contributed by atoms with van der Waals surface area (Å²) in [6, 6.07) is 14.5. The molecular formula is C17H17N3O2. The van der Waals surface area contributed by atoms with E-state index in [0.29, 0.717) is 5.57 Å². The molecule has 0 aliphatic heterocycles. The van der Waals surface area contributed by atoms with Crippen molar-refractivity contribution < 1.29 is 9.90 Å². The number of hydrogen-bond acceptors (Lipinski definition) is 2. The lowest BCUT2D eigenvalue weighted by atomic mass is 9.98. The molecule has 5 heteroatoms. The Kier molecular flexibility index (Phi) is 4.58. The van der Waals surface area contributed by atoms with Crippen molar-refractivity contribution in [3.05, 3.63) is 59.7 Å². The quantitative estimate of drug-likeness (QED) is 0.459. The van der Waals surface area contributed by atoms with Gasteiger partial charge in [0.1, 0.15) is 5.75 Å². The Morgan fingerprint density at radius 3 is 2.55 bits per heavy atom. The van der Waals surface area contributed by atoms with Gasteiger partial charge in [0, 0.05) is 5.57 Å². The van der Waals surface area contributed by atoms with Crippen LogP contribution in [-0.4, -0.2) is 17.0 Å². The molecule has 112 valence electrons. The number of carbonyl (C=O) groups is 1. The van der Waals surface area contributed by atoms with Crippen molar-refractivity contribution in [2.45, 2.75) is 6.92 Å². The first kappa shape index (κ1) is 15.3. The molecule has 2 aromatic rings. The summed E-state index contributed by atoms with van der Waals surface area (Å²) in [7, 11) is 0. The van der Waals surface area contributed by atoms with E-state index in [4.69, 9.17) is 11.5 Å².